The predicted molar refractivity (Wildman–Crippen MR) is 66.9 cm³/mol. The number of para-hydroxylation sites is 1. The van der Waals surface area contributed by atoms with E-state index in [0.29, 0.717) is 13.2 Å². The van der Waals surface area contributed by atoms with Gasteiger partial charge in [0.15, 0.2) is 0 Å². The Morgan fingerprint density at radius 3 is 3.06 bits per heavy atom. The van der Waals surface area contributed by atoms with Crippen LogP contribution in [0, 0.1) is 0 Å². The molecule has 0 spiro atoms. The molecule has 0 amide bonds. The van der Waals surface area contributed by atoms with E-state index in [4.69, 9.17) is 10.5 Å². The number of ether oxygens (including phenoxy) is 1. The standard InChI is InChI=1S/C13H20N2O2/c14-9-12(16)5-6-15-7-8-17-13-4-2-1-3-11(13)10-15/h1-4,12,16H,5-10,14H2. The Morgan fingerprint density at radius 2 is 2.24 bits per heavy atom. The molecule has 0 aromatic heterocycles. The Bertz CT molecular complexity index is 357. The summed E-state index contributed by atoms with van der Waals surface area (Å²) in [6, 6.07) is 8.12. The molecule has 4 nitrogen and oxygen atoms in total. The molecule has 4 heteroatoms. The van der Waals surface area contributed by atoms with Crippen LogP contribution in [0.2, 0.25) is 0 Å². The molecular formula is C13H20N2O2. The van der Waals surface area contributed by atoms with Gasteiger partial charge in [0.25, 0.3) is 0 Å². The summed E-state index contributed by atoms with van der Waals surface area (Å²) in [5.41, 5.74) is 6.62. The first-order valence-electron chi connectivity index (χ1n) is 6.11. The molecule has 0 saturated heterocycles. The van der Waals surface area contributed by atoms with Gasteiger partial charge in [0, 0.05) is 31.7 Å². The second kappa shape index (κ2) is 6.00. The van der Waals surface area contributed by atoms with E-state index >= 15 is 0 Å². The Kier molecular flexibility index (Phi) is 4.36. The van der Waals surface area contributed by atoms with Crippen molar-refractivity contribution in [2.75, 3.05) is 26.2 Å². The highest BCUT2D eigenvalue weighted by atomic mass is 16.5. The van der Waals surface area contributed by atoms with Gasteiger partial charge in [0.2, 0.25) is 0 Å². The zero-order valence-corrected chi connectivity index (χ0v) is 10.0. The molecule has 3 N–H and O–H groups in total. The van der Waals surface area contributed by atoms with Gasteiger partial charge in [0.1, 0.15) is 12.4 Å². The number of nitrogens with zero attached hydrogens (tertiary/aromatic N) is 1. The zero-order valence-electron chi connectivity index (χ0n) is 10.0. The summed E-state index contributed by atoms with van der Waals surface area (Å²) < 4.78 is 5.68. The molecule has 0 saturated carbocycles. The second-order valence-electron chi connectivity index (χ2n) is 4.41. The van der Waals surface area contributed by atoms with Crippen molar-refractivity contribution in [1.82, 2.24) is 4.90 Å². The van der Waals surface area contributed by atoms with Crippen LogP contribution in [0.15, 0.2) is 24.3 Å². The number of hydrogen-bond acceptors (Lipinski definition) is 4. The molecule has 17 heavy (non-hydrogen) atoms. The zero-order chi connectivity index (χ0) is 12.1. The number of aliphatic hydroxyl groups is 1. The molecule has 2 rings (SSSR count). The number of fused-ring (bicyclic) bond motifs is 1. The number of rotatable bonds is 4. The van der Waals surface area contributed by atoms with Crippen molar-refractivity contribution >= 4 is 0 Å². The lowest BCUT2D eigenvalue weighted by atomic mass is 10.2. The van der Waals surface area contributed by atoms with Gasteiger partial charge in [0.05, 0.1) is 6.10 Å². The minimum absolute atomic E-state index is 0.334. The van der Waals surface area contributed by atoms with Crippen molar-refractivity contribution in [2.45, 2.75) is 19.1 Å². The Hall–Kier alpha value is -1.10. The van der Waals surface area contributed by atoms with Crippen molar-refractivity contribution in [3.8, 4) is 5.75 Å². The van der Waals surface area contributed by atoms with E-state index in [1.807, 2.05) is 18.2 Å². The molecule has 1 aromatic rings. The normalized spacial score (nSPS) is 18.0. The Labute approximate surface area is 102 Å². The fourth-order valence-corrected chi connectivity index (χ4v) is 2.02. The van der Waals surface area contributed by atoms with E-state index in [2.05, 4.69) is 11.0 Å². The van der Waals surface area contributed by atoms with Crippen LogP contribution in [0.25, 0.3) is 0 Å². The summed E-state index contributed by atoms with van der Waals surface area (Å²) in [7, 11) is 0. The van der Waals surface area contributed by atoms with Gasteiger partial charge in [-0.15, -0.1) is 0 Å². The lowest BCUT2D eigenvalue weighted by Gasteiger charge is -2.20. The summed E-state index contributed by atoms with van der Waals surface area (Å²) >= 11 is 0. The average Bonchev–Trinajstić information content (AvgIpc) is 2.57. The first kappa shape index (κ1) is 12.4. The molecule has 1 heterocycles. The van der Waals surface area contributed by atoms with Crippen molar-refractivity contribution in [3.05, 3.63) is 29.8 Å². The number of hydrogen-bond donors (Lipinski definition) is 2. The summed E-state index contributed by atoms with van der Waals surface area (Å²) in [6.45, 7) is 3.67. The van der Waals surface area contributed by atoms with Gasteiger partial charge in [-0.3, -0.25) is 4.90 Å². The molecule has 0 fully saturated rings. The molecule has 0 aliphatic carbocycles. The maximum Gasteiger partial charge on any atom is 0.123 e. The third-order valence-corrected chi connectivity index (χ3v) is 3.08. The molecular weight excluding hydrogens is 216 g/mol. The van der Waals surface area contributed by atoms with E-state index in [0.717, 1.165) is 31.8 Å². The lowest BCUT2D eigenvalue weighted by molar-refractivity contribution is 0.140. The predicted octanol–water partition coefficient (Wildman–Crippen LogP) is 0.591. The number of aliphatic hydroxyl groups excluding tert-OH is 1. The van der Waals surface area contributed by atoms with Crippen LogP contribution in [0.5, 0.6) is 5.75 Å². The number of benzene rings is 1. The topological polar surface area (TPSA) is 58.7 Å². The van der Waals surface area contributed by atoms with Crippen molar-refractivity contribution in [3.63, 3.8) is 0 Å². The minimum Gasteiger partial charge on any atom is -0.492 e. The van der Waals surface area contributed by atoms with Crippen LogP contribution < -0.4 is 10.5 Å². The van der Waals surface area contributed by atoms with Crippen LogP contribution in [0.3, 0.4) is 0 Å². The highest BCUT2D eigenvalue weighted by Gasteiger charge is 2.15. The molecule has 1 aliphatic rings. The van der Waals surface area contributed by atoms with Crippen LogP contribution in [-0.2, 0) is 6.54 Å². The maximum atomic E-state index is 9.47. The van der Waals surface area contributed by atoms with Gasteiger partial charge in [-0.05, 0) is 12.5 Å². The minimum atomic E-state index is -0.394. The molecule has 1 atom stereocenters. The van der Waals surface area contributed by atoms with Crippen LogP contribution >= 0.6 is 0 Å². The summed E-state index contributed by atoms with van der Waals surface area (Å²) in [4.78, 5) is 2.30. The van der Waals surface area contributed by atoms with Gasteiger partial charge in [-0.1, -0.05) is 18.2 Å². The fourth-order valence-electron chi connectivity index (χ4n) is 2.02. The van der Waals surface area contributed by atoms with Gasteiger partial charge in [-0.25, -0.2) is 0 Å². The molecule has 0 radical (unpaired) electrons. The second-order valence-corrected chi connectivity index (χ2v) is 4.41. The molecule has 1 aromatic carbocycles. The first-order valence-corrected chi connectivity index (χ1v) is 6.11. The van der Waals surface area contributed by atoms with E-state index in [-0.39, 0.29) is 0 Å². The number of nitrogens with two attached hydrogens (primary N) is 1. The fraction of sp³-hybridized carbons (Fsp3) is 0.538. The highest BCUT2D eigenvalue weighted by molar-refractivity contribution is 5.33. The third kappa shape index (κ3) is 3.43. The van der Waals surface area contributed by atoms with E-state index in [9.17, 15) is 5.11 Å². The molecule has 0 bridgehead atoms. The smallest absolute Gasteiger partial charge is 0.123 e. The van der Waals surface area contributed by atoms with Gasteiger partial charge < -0.3 is 15.6 Å². The van der Waals surface area contributed by atoms with Gasteiger partial charge >= 0.3 is 0 Å². The first-order chi connectivity index (χ1) is 8.29. The van der Waals surface area contributed by atoms with Crippen LogP contribution in [0.1, 0.15) is 12.0 Å². The van der Waals surface area contributed by atoms with Crippen molar-refractivity contribution < 1.29 is 9.84 Å². The average molecular weight is 236 g/mol. The van der Waals surface area contributed by atoms with E-state index < -0.39 is 6.10 Å². The van der Waals surface area contributed by atoms with Crippen LogP contribution in [0.4, 0.5) is 0 Å². The summed E-state index contributed by atoms with van der Waals surface area (Å²) in [5, 5.41) is 9.47. The summed E-state index contributed by atoms with van der Waals surface area (Å²) in [6.07, 6.45) is 0.327. The van der Waals surface area contributed by atoms with Crippen molar-refractivity contribution in [1.29, 1.82) is 0 Å². The van der Waals surface area contributed by atoms with Crippen LogP contribution in [-0.4, -0.2) is 42.4 Å². The molecule has 1 unspecified atom stereocenters. The van der Waals surface area contributed by atoms with E-state index in [1.54, 1.807) is 0 Å². The SMILES string of the molecule is NCC(O)CCN1CCOc2ccccc2C1. The molecule has 1 aliphatic heterocycles. The highest BCUT2D eigenvalue weighted by Crippen LogP contribution is 2.22. The monoisotopic (exact) mass is 236 g/mol. The van der Waals surface area contributed by atoms with Crippen molar-refractivity contribution in [2.24, 2.45) is 5.73 Å². The summed E-state index contributed by atoms with van der Waals surface area (Å²) in [5.74, 6) is 0.981. The Balaban J connectivity index is 1.94. The quantitative estimate of drug-likeness (QED) is 0.803. The van der Waals surface area contributed by atoms with Gasteiger partial charge in [-0.2, -0.15) is 0 Å². The maximum absolute atomic E-state index is 9.47. The Morgan fingerprint density at radius 1 is 1.41 bits per heavy atom. The third-order valence-electron chi connectivity index (χ3n) is 3.08. The largest absolute Gasteiger partial charge is 0.492 e. The van der Waals surface area contributed by atoms with E-state index in [1.165, 1.54) is 5.56 Å². The molecule has 94 valence electrons. The lowest BCUT2D eigenvalue weighted by Crippen LogP contribution is -2.31.